The van der Waals surface area contributed by atoms with Gasteiger partial charge in [-0.15, -0.1) is 0 Å². The second-order valence-electron chi connectivity index (χ2n) is 5.34. The Kier molecular flexibility index (Phi) is 6.39. The van der Waals surface area contributed by atoms with Gasteiger partial charge in [-0.2, -0.15) is 5.26 Å². The van der Waals surface area contributed by atoms with E-state index in [2.05, 4.69) is 5.32 Å². The first-order valence-corrected chi connectivity index (χ1v) is 6.96. The molecular weight excluding hydrogens is 284 g/mol. The minimum atomic E-state index is -0.669. The summed E-state index contributed by atoms with van der Waals surface area (Å²) >= 11 is 0. The van der Waals surface area contributed by atoms with Crippen LogP contribution in [0.1, 0.15) is 32.8 Å². The van der Waals surface area contributed by atoms with Crippen LogP contribution in [0.3, 0.4) is 0 Å². The van der Waals surface area contributed by atoms with E-state index >= 15 is 0 Å². The Balaban J connectivity index is 2.38. The second kappa shape index (κ2) is 8.03. The van der Waals surface area contributed by atoms with Crippen molar-refractivity contribution < 1.29 is 19.1 Å². The molecule has 0 saturated heterocycles. The molecule has 118 valence electrons. The van der Waals surface area contributed by atoms with Crippen molar-refractivity contribution in [2.75, 3.05) is 13.2 Å². The highest BCUT2D eigenvalue weighted by molar-refractivity contribution is 5.81. The molecule has 6 nitrogen and oxygen atoms in total. The van der Waals surface area contributed by atoms with Gasteiger partial charge in [0.05, 0.1) is 5.56 Å². The number of nitrogens with one attached hydrogen (secondary N) is 1. The Hall–Kier alpha value is -2.55. The summed E-state index contributed by atoms with van der Waals surface area (Å²) in [5.74, 6) is -0.728. The van der Waals surface area contributed by atoms with Crippen LogP contribution >= 0.6 is 0 Å². The SMILES string of the molecule is CCC(C)(C)NC(=O)COC(=O)COc1ccccc1C#N. The summed E-state index contributed by atoms with van der Waals surface area (Å²) < 4.78 is 10.0. The van der Waals surface area contributed by atoms with Crippen molar-refractivity contribution in [3.05, 3.63) is 29.8 Å². The molecule has 22 heavy (non-hydrogen) atoms. The lowest BCUT2D eigenvalue weighted by molar-refractivity contribution is -0.150. The van der Waals surface area contributed by atoms with Crippen LogP contribution in [0.5, 0.6) is 5.75 Å². The van der Waals surface area contributed by atoms with E-state index in [0.29, 0.717) is 11.3 Å². The first kappa shape index (κ1) is 17.5. The van der Waals surface area contributed by atoms with Crippen LogP contribution in [0.25, 0.3) is 0 Å². The fraction of sp³-hybridized carbons (Fsp3) is 0.438. The van der Waals surface area contributed by atoms with Crippen LogP contribution in [-0.4, -0.2) is 30.6 Å². The number of para-hydroxylation sites is 1. The first-order chi connectivity index (χ1) is 10.4. The average molecular weight is 304 g/mol. The molecule has 6 heteroatoms. The average Bonchev–Trinajstić information content (AvgIpc) is 2.50. The van der Waals surface area contributed by atoms with E-state index in [4.69, 9.17) is 14.7 Å². The Bertz CT molecular complexity index is 576. The minimum absolute atomic E-state index is 0.304. The maximum atomic E-state index is 11.6. The van der Waals surface area contributed by atoms with E-state index < -0.39 is 5.97 Å². The number of ether oxygens (including phenoxy) is 2. The zero-order chi connectivity index (χ0) is 16.6. The maximum Gasteiger partial charge on any atom is 0.344 e. The van der Waals surface area contributed by atoms with E-state index in [9.17, 15) is 9.59 Å². The molecule has 0 aliphatic carbocycles. The third-order valence-corrected chi connectivity index (χ3v) is 3.08. The summed E-state index contributed by atoms with van der Waals surface area (Å²) in [6, 6.07) is 8.52. The third-order valence-electron chi connectivity index (χ3n) is 3.08. The number of carbonyl (C=O) groups excluding carboxylic acids is 2. The molecule has 0 aromatic heterocycles. The van der Waals surface area contributed by atoms with Crippen molar-refractivity contribution in [2.24, 2.45) is 0 Å². The number of nitriles is 1. The van der Waals surface area contributed by atoms with Crippen LogP contribution in [-0.2, 0) is 14.3 Å². The quantitative estimate of drug-likeness (QED) is 0.776. The monoisotopic (exact) mass is 304 g/mol. The Labute approximate surface area is 130 Å². The zero-order valence-corrected chi connectivity index (χ0v) is 13.0. The first-order valence-electron chi connectivity index (χ1n) is 6.96. The number of benzene rings is 1. The molecule has 0 unspecified atom stereocenters. The molecule has 0 radical (unpaired) electrons. The number of hydrogen-bond acceptors (Lipinski definition) is 5. The number of nitrogens with zero attached hydrogens (tertiary/aromatic N) is 1. The van der Waals surface area contributed by atoms with E-state index in [0.717, 1.165) is 6.42 Å². The molecule has 1 rings (SSSR count). The number of hydrogen-bond donors (Lipinski definition) is 1. The summed E-state index contributed by atoms with van der Waals surface area (Å²) in [7, 11) is 0. The highest BCUT2D eigenvalue weighted by atomic mass is 16.6. The fourth-order valence-corrected chi connectivity index (χ4v) is 1.51. The van der Waals surface area contributed by atoms with Gasteiger partial charge >= 0.3 is 5.97 Å². The molecule has 0 heterocycles. The van der Waals surface area contributed by atoms with Crippen molar-refractivity contribution >= 4 is 11.9 Å². The van der Waals surface area contributed by atoms with E-state index in [1.165, 1.54) is 0 Å². The number of rotatable bonds is 7. The van der Waals surface area contributed by atoms with Crippen LogP contribution < -0.4 is 10.1 Å². The van der Waals surface area contributed by atoms with Crippen molar-refractivity contribution in [3.63, 3.8) is 0 Å². The molecule has 0 atom stereocenters. The summed E-state index contributed by atoms with van der Waals surface area (Å²) in [5.41, 5.74) is -0.0103. The lowest BCUT2D eigenvalue weighted by Crippen LogP contribution is -2.44. The predicted octanol–water partition coefficient (Wildman–Crippen LogP) is 1.79. The van der Waals surface area contributed by atoms with Crippen LogP contribution in [0.2, 0.25) is 0 Å². The molecule has 0 spiro atoms. The summed E-state index contributed by atoms with van der Waals surface area (Å²) in [5, 5.41) is 11.6. The molecule has 1 N–H and O–H groups in total. The molecule has 1 aromatic carbocycles. The summed E-state index contributed by atoms with van der Waals surface area (Å²) in [6.07, 6.45) is 0.765. The topological polar surface area (TPSA) is 88.4 Å². The van der Waals surface area contributed by atoms with Gasteiger partial charge in [0.25, 0.3) is 5.91 Å². The van der Waals surface area contributed by atoms with Gasteiger partial charge in [-0.1, -0.05) is 19.1 Å². The Morgan fingerprint density at radius 2 is 1.95 bits per heavy atom. The minimum Gasteiger partial charge on any atom is -0.481 e. The molecule has 0 fully saturated rings. The smallest absolute Gasteiger partial charge is 0.344 e. The molecule has 0 aliphatic rings. The standard InChI is InChI=1S/C16H20N2O4/c1-4-16(2,3)18-14(19)10-22-15(20)11-21-13-8-6-5-7-12(13)9-17/h5-8H,4,10-11H2,1-3H3,(H,18,19). The number of esters is 1. The third kappa shape index (κ3) is 5.83. The lowest BCUT2D eigenvalue weighted by Gasteiger charge is -2.24. The molecule has 1 aromatic rings. The molecule has 1 amide bonds. The van der Waals surface area contributed by atoms with Gasteiger partial charge in [0, 0.05) is 5.54 Å². The number of amides is 1. The number of carbonyl (C=O) groups is 2. The highest BCUT2D eigenvalue weighted by Crippen LogP contribution is 2.16. The largest absolute Gasteiger partial charge is 0.481 e. The predicted molar refractivity (Wildman–Crippen MR) is 80.1 cm³/mol. The van der Waals surface area contributed by atoms with Gasteiger partial charge in [0.2, 0.25) is 0 Å². The van der Waals surface area contributed by atoms with Crippen LogP contribution in [0, 0.1) is 11.3 Å². The normalized spacial score (nSPS) is 10.5. The Morgan fingerprint density at radius 3 is 2.59 bits per heavy atom. The van der Waals surface area contributed by atoms with Crippen LogP contribution in [0.15, 0.2) is 24.3 Å². The van der Waals surface area contributed by atoms with Crippen molar-refractivity contribution in [1.29, 1.82) is 5.26 Å². The second-order valence-corrected chi connectivity index (χ2v) is 5.34. The Morgan fingerprint density at radius 1 is 1.27 bits per heavy atom. The van der Waals surface area contributed by atoms with Gasteiger partial charge < -0.3 is 14.8 Å². The van der Waals surface area contributed by atoms with Crippen molar-refractivity contribution in [2.45, 2.75) is 32.7 Å². The van der Waals surface area contributed by atoms with Gasteiger partial charge in [-0.05, 0) is 32.4 Å². The highest BCUT2D eigenvalue weighted by Gasteiger charge is 2.18. The maximum absolute atomic E-state index is 11.6. The fourth-order valence-electron chi connectivity index (χ4n) is 1.51. The summed E-state index contributed by atoms with van der Waals surface area (Å²) in [4.78, 5) is 23.2. The van der Waals surface area contributed by atoms with Crippen molar-refractivity contribution in [1.82, 2.24) is 5.32 Å². The molecule has 0 saturated carbocycles. The van der Waals surface area contributed by atoms with E-state index in [1.807, 2.05) is 26.8 Å². The lowest BCUT2D eigenvalue weighted by atomic mass is 10.0. The van der Waals surface area contributed by atoms with Gasteiger partial charge in [0.15, 0.2) is 13.2 Å². The van der Waals surface area contributed by atoms with E-state index in [1.54, 1.807) is 24.3 Å². The molecule has 0 aliphatic heterocycles. The van der Waals surface area contributed by atoms with Crippen molar-refractivity contribution in [3.8, 4) is 11.8 Å². The molecule has 0 bridgehead atoms. The van der Waals surface area contributed by atoms with Gasteiger partial charge in [-0.25, -0.2) is 4.79 Å². The summed E-state index contributed by atoms with van der Waals surface area (Å²) in [6.45, 7) is 5.00. The van der Waals surface area contributed by atoms with Gasteiger partial charge in [0.1, 0.15) is 11.8 Å². The molecular formula is C16H20N2O4. The van der Waals surface area contributed by atoms with Crippen LogP contribution in [0.4, 0.5) is 0 Å². The van der Waals surface area contributed by atoms with Gasteiger partial charge in [-0.3, -0.25) is 4.79 Å². The van der Waals surface area contributed by atoms with E-state index in [-0.39, 0.29) is 24.7 Å². The zero-order valence-electron chi connectivity index (χ0n) is 13.0.